The number of hydrogen-bond donors (Lipinski definition) is 1. The molecule has 1 N–H and O–H groups in total. The van der Waals surface area contributed by atoms with Gasteiger partial charge in [-0.1, -0.05) is 30.3 Å². The van der Waals surface area contributed by atoms with Gasteiger partial charge in [0.1, 0.15) is 6.04 Å². The van der Waals surface area contributed by atoms with E-state index in [-0.39, 0.29) is 5.97 Å². The molecule has 14 heavy (non-hydrogen) atoms. The van der Waals surface area contributed by atoms with E-state index >= 15 is 0 Å². The van der Waals surface area contributed by atoms with Gasteiger partial charge in [0.05, 0.1) is 7.11 Å². The average Bonchev–Trinajstić information content (AvgIpc) is 2.26. The van der Waals surface area contributed by atoms with E-state index in [9.17, 15) is 4.79 Å². The van der Waals surface area contributed by atoms with Crippen molar-refractivity contribution in [3.8, 4) is 0 Å². The first-order valence-electron chi connectivity index (χ1n) is 4.26. The molecule has 1 rings (SSSR count). The minimum atomic E-state index is -0.496. The molecule has 0 aliphatic heterocycles. The lowest BCUT2D eigenvalue weighted by molar-refractivity contribution is -0.142. The van der Waals surface area contributed by atoms with Crippen LogP contribution in [0.5, 0.6) is 0 Å². The Kier molecular flexibility index (Phi) is 4.43. The number of ether oxygens (including phenoxy) is 1. The molecule has 0 heterocycles. The molecule has 1 aromatic rings. The normalized spacial score (nSPS) is 12.1. The molecule has 0 bridgehead atoms. The highest BCUT2D eigenvalue weighted by Crippen LogP contribution is 2.04. The van der Waals surface area contributed by atoms with E-state index in [0.29, 0.717) is 6.42 Å². The lowest BCUT2D eigenvalue weighted by Gasteiger charge is -2.11. The van der Waals surface area contributed by atoms with Gasteiger partial charge < -0.3 is 4.74 Å². The Hall–Kier alpha value is -1.06. The zero-order valence-electron chi connectivity index (χ0n) is 7.87. The van der Waals surface area contributed by atoms with Crippen LogP contribution >= 0.6 is 11.8 Å². The summed E-state index contributed by atoms with van der Waals surface area (Å²) in [5, 5.41) is 0. The predicted molar refractivity (Wildman–Crippen MR) is 54.9 cm³/mol. The monoisotopic (exact) mass is 213 g/mol. The molecule has 1 unspecified atom stereocenters. The number of hydrogen-bond acceptors (Lipinski definition) is 3. The third-order valence-electron chi connectivity index (χ3n) is 1.90. The highest BCUT2D eigenvalue weighted by Gasteiger charge is 2.17. The van der Waals surface area contributed by atoms with Gasteiger partial charge in [-0.3, -0.25) is 4.79 Å². The number of methoxy groups -OCH3 is 1. The number of halogens is 1. The van der Waals surface area contributed by atoms with Crippen molar-refractivity contribution in [1.29, 1.82) is 0 Å². The van der Waals surface area contributed by atoms with Crippen LogP contribution in [0.25, 0.3) is 0 Å². The SMILES string of the molecule is COC(=O)C(Cc1ccccc1)NCl. The molecule has 0 fully saturated rings. The Balaban J connectivity index is 2.62. The summed E-state index contributed by atoms with van der Waals surface area (Å²) in [5.41, 5.74) is 1.04. The number of carbonyl (C=O) groups is 1. The van der Waals surface area contributed by atoms with Gasteiger partial charge in [0.15, 0.2) is 0 Å². The molecule has 0 aromatic heterocycles. The van der Waals surface area contributed by atoms with Gasteiger partial charge in [-0.2, -0.15) is 0 Å². The molecule has 0 aliphatic carbocycles. The summed E-state index contributed by atoms with van der Waals surface area (Å²) in [6, 6.07) is 9.12. The molecule has 3 nitrogen and oxygen atoms in total. The van der Waals surface area contributed by atoms with Crippen molar-refractivity contribution in [3.05, 3.63) is 35.9 Å². The van der Waals surface area contributed by atoms with Crippen molar-refractivity contribution in [2.75, 3.05) is 7.11 Å². The van der Waals surface area contributed by atoms with Crippen molar-refractivity contribution in [3.63, 3.8) is 0 Å². The van der Waals surface area contributed by atoms with Crippen molar-refractivity contribution in [2.24, 2.45) is 0 Å². The summed E-state index contributed by atoms with van der Waals surface area (Å²) in [5.74, 6) is -0.358. The lowest BCUT2D eigenvalue weighted by atomic mass is 10.1. The second-order valence-corrected chi connectivity index (χ2v) is 3.09. The van der Waals surface area contributed by atoms with Crippen molar-refractivity contribution < 1.29 is 9.53 Å². The maximum absolute atomic E-state index is 11.2. The Morgan fingerprint density at radius 1 is 1.50 bits per heavy atom. The van der Waals surface area contributed by atoms with E-state index in [2.05, 4.69) is 9.57 Å². The van der Waals surface area contributed by atoms with Crippen LogP contribution < -0.4 is 4.84 Å². The largest absolute Gasteiger partial charge is 0.468 e. The molecule has 0 spiro atoms. The van der Waals surface area contributed by atoms with Crippen LogP contribution in [0.4, 0.5) is 0 Å². The smallest absolute Gasteiger partial charge is 0.324 e. The summed E-state index contributed by atoms with van der Waals surface area (Å²) < 4.78 is 4.59. The third-order valence-corrected chi connectivity index (χ3v) is 2.16. The standard InChI is InChI=1S/C10H12ClNO2/c1-14-10(13)9(12-11)7-8-5-3-2-4-6-8/h2-6,9,12H,7H2,1H3. The molecule has 1 aromatic carbocycles. The van der Waals surface area contributed by atoms with E-state index in [1.54, 1.807) is 0 Å². The molecule has 0 amide bonds. The van der Waals surface area contributed by atoms with Crippen LogP contribution in [-0.2, 0) is 16.0 Å². The van der Waals surface area contributed by atoms with E-state index in [0.717, 1.165) is 5.56 Å². The average molecular weight is 214 g/mol. The maximum Gasteiger partial charge on any atom is 0.324 e. The third kappa shape index (κ3) is 3.01. The molecular weight excluding hydrogens is 202 g/mol. The van der Waals surface area contributed by atoms with Gasteiger partial charge in [0.2, 0.25) is 0 Å². The topological polar surface area (TPSA) is 38.3 Å². The Morgan fingerprint density at radius 2 is 2.14 bits per heavy atom. The van der Waals surface area contributed by atoms with E-state index in [4.69, 9.17) is 11.8 Å². The number of rotatable bonds is 4. The predicted octanol–water partition coefficient (Wildman–Crippen LogP) is 1.51. The molecule has 0 saturated heterocycles. The van der Waals surface area contributed by atoms with Gasteiger partial charge in [-0.25, -0.2) is 4.84 Å². The lowest BCUT2D eigenvalue weighted by Crippen LogP contribution is -2.33. The van der Waals surface area contributed by atoms with Gasteiger partial charge >= 0.3 is 5.97 Å². The highest BCUT2D eigenvalue weighted by atomic mass is 35.5. The summed E-state index contributed by atoms with van der Waals surface area (Å²) in [6.07, 6.45) is 0.525. The van der Waals surface area contributed by atoms with Gasteiger partial charge in [0.25, 0.3) is 0 Å². The molecule has 1 atom stereocenters. The minimum Gasteiger partial charge on any atom is -0.468 e. The fourth-order valence-electron chi connectivity index (χ4n) is 1.16. The number of benzene rings is 1. The fraction of sp³-hybridized carbons (Fsp3) is 0.300. The summed E-state index contributed by atoms with van der Waals surface area (Å²) in [6.45, 7) is 0. The Morgan fingerprint density at radius 3 is 2.64 bits per heavy atom. The summed E-state index contributed by atoms with van der Waals surface area (Å²) in [4.78, 5) is 13.6. The maximum atomic E-state index is 11.2. The Bertz CT molecular complexity index is 289. The molecule has 76 valence electrons. The van der Waals surface area contributed by atoms with E-state index in [1.165, 1.54) is 7.11 Å². The van der Waals surface area contributed by atoms with Crippen molar-refractivity contribution in [2.45, 2.75) is 12.5 Å². The molecule has 0 aliphatic rings. The number of carbonyl (C=O) groups excluding carboxylic acids is 1. The zero-order chi connectivity index (χ0) is 10.4. The van der Waals surface area contributed by atoms with Crippen LogP contribution in [0.1, 0.15) is 5.56 Å². The number of esters is 1. The molecule has 4 heteroatoms. The first kappa shape index (κ1) is 11.0. The summed E-state index contributed by atoms with van der Waals surface area (Å²) in [7, 11) is 1.34. The molecular formula is C10H12ClNO2. The minimum absolute atomic E-state index is 0.358. The van der Waals surface area contributed by atoms with Crippen LogP contribution in [0.2, 0.25) is 0 Å². The molecule has 0 saturated carbocycles. The first-order valence-corrected chi connectivity index (χ1v) is 4.63. The van der Waals surface area contributed by atoms with E-state index in [1.807, 2.05) is 30.3 Å². The van der Waals surface area contributed by atoms with E-state index < -0.39 is 6.04 Å². The van der Waals surface area contributed by atoms with Crippen molar-refractivity contribution in [1.82, 2.24) is 4.84 Å². The van der Waals surface area contributed by atoms with Crippen molar-refractivity contribution >= 4 is 17.7 Å². The second-order valence-electron chi connectivity index (χ2n) is 2.87. The highest BCUT2D eigenvalue weighted by molar-refractivity contribution is 6.14. The Labute approximate surface area is 88.1 Å². The van der Waals surface area contributed by atoms with Gasteiger partial charge in [0, 0.05) is 0 Å². The van der Waals surface area contributed by atoms with Crippen LogP contribution in [0.3, 0.4) is 0 Å². The zero-order valence-corrected chi connectivity index (χ0v) is 8.62. The molecule has 0 radical (unpaired) electrons. The van der Waals surface area contributed by atoms with Gasteiger partial charge in [-0.15, -0.1) is 0 Å². The van der Waals surface area contributed by atoms with Crippen LogP contribution in [0, 0.1) is 0 Å². The quantitative estimate of drug-likeness (QED) is 0.609. The van der Waals surface area contributed by atoms with Crippen LogP contribution in [0.15, 0.2) is 30.3 Å². The van der Waals surface area contributed by atoms with Gasteiger partial charge in [-0.05, 0) is 23.8 Å². The first-order chi connectivity index (χ1) is 6.77. The summed E-state index contributed by atoms with van der Waals surface area (Å²) >= 11 is 5.44. The van der Waals surface area contributed by atoms with Crippen LogP contribution in [-0.4, -0.2) is 19.1 Å². The second kappa shape index (κ2) is 5.62. The fourth-order valence-corrected chi connectivity index (χ4v) is 1.32. The number of nitrogens with one attached hydrogen (secondary N) is 1.